The van der Waals surface area contributed by atoms with E-state index in [4.69, 9.17) is 10.8 Å². The molecule has 2 rings (SSSR count). The van der Waals surface area contributed by atoms with Gasteiger partial charge in [-0.2, -0.15) is 4.63 Å². The van der Waals surface area contributed by atoms with Crippen molar-refractivity contribution in [3.63, 3.8) is 0 Å². The van der Waals surface area contributed by atoms with Crippen LogP contribution < -0.4 is 5.73 Å². The zero-order valence-electron chi connectivity index (χ0n) is 7.27. The predicted octanol–water partition coefficient (Wildman–Crippen LogP) is -0.743. The summed E-state index contributed by atoms with van der Waals surface area (Å²) in [5.41, 5.74) is 5.90. The minimum Gasteiger partial charge on any atom is -0.477 e. The van der Waals surface area contributed by atoms with Gasteiger partial charge in [0.1, 0.15) is 5.69 Å². The molecule has 2 heterocycles. The van der Waals surface area contributed by atoms with Gasteiger partial charge in [-0.3, -0.25) is 5.10 Å². The van der Waals surface area contributed by atoms with Gasteiger partial charge in [-0.25, -0.2) is 9.78 Å². The predicted molar refractivity (Wildman–Crippen MR) is 47.1 cm³/mol. The number of aromatic amines is 1. The van der Waals surface area contributed by atoms with Gasteiger partial charge in [0, 0.05) is 12.5 Å². The van der Waals surface area contributed by atoms with Crippen molar-refractivity contribution in [1.29, 1.82) is 0 Å². The van der Waals surface area contributed by atoms with E-state index in [9.17, 15) is 4.79 Å². The second-order valence-electron chi connectivity index (χ2n) is 2.81. The van der Waals surface area contributed by atoms with Gasteiger partial charge in [0.2, 0.25) is 0 Å². The van der Waals surface area contributed by atoms with Crippen LogP contribution in [0.4, 0.5) is 0 Å². The Morgan fingerprint density at radius 1 is 1.71 bits per heavy atom. The second-order valence-corrected chi connectivity index (χ2v) is 2.81. The zero-order valence-corrected chi connectivity index (χ0v) is 7.27. The molecule has 0 bridgehead atoms. The van der Waals surface area contributed by atoms with E-state index in [0.717, 1.165) is 0 Å². The maximum absolute atomic E-state index is 10.6. The number of nitrogens with two attached hydrogens (primary N) is 1. The average molecular weight is 195 g/mol. The lowest BCUT2D eigenvalue weighted by Crippen LogP contribution is -2.05. The molecule has 4 N–H and O–H groups in total. The van der Waals surface area contributed by atoms with Crippen molar-refractivity contribution in [2.75, 3.05) is 6.54 Å². The highest BCUT2D eigenvalue weighted by molar-refractivity contribution is 5.86. The van der Waals surface area contributed by atoms with E-state index in [2.05, 4.69) is 15.2 Å². The summed E-state index contributed by atoms with van der Waals surface area (Å²) < 4.78 is 1.33. The molecule has 0 unspecified atom stereocenters. The molecule has 0 aliphatic heterocycles. The SMILES string of the molecule is NCCc1nc2cc(C(=O)O)[nH]n2n1. The maximum Gasteiger partial charge on any atom is 0.353 e. The number of carboxylic acids is 1. The Balaban J connectivity index is 2.40. The number of nitrogens with one attached hydrogen (secondary N) is 1. The van der Waals surface area contributed by atoms with E-state index < -0.39 is 5.97 Å². The molecule has 14 heavy (non-hydrogen) atoms. The van der Waals surface area contributed by atoms with Crippen molar-refractivity contribution >= 4 is 11.6 Å². The van der Waals surface area contributed by atoms with Crippen LogP contribution in [0.25, 0.3) is 5.65 Å². The fraction of sp³-hybridized carbons (Fsp3) is 0.286. The first-order valence-corrected chi connectivity index (χ1v) is 4.08. The summed E-state index contributed by atoms with van der Waals surface area (Å²) in [4.78, 5) is 14.6. The molecular formula is C7H9N5O2. The summed E-state index contributed by atoms with van der Waals surface area (Å²) in [5, 5.41) is 15.2. The van der Waals surface area contributed by atoms with Crippen LogP contribution in [0.3, 0.4) is 0 Å². The van der Waals surface area contributed by atoms with Crippen molar-refractivity contribution in [3.05, 3.63) is 17.6 Å². The first-order chi connectivity index (χ1) is 6.70. The van der Waals surface area contributed by atoms with E-state index in [1.807, 2.05) is 0 Å². The number of rotatable bonds is 3. The Morgan fingerprint density at radius 2 is 2.50 bits per heavy atom. The first-order valence-electron chi connectivity index (χ1n) is 4.08. The third-order valence-corrected chi connectivity index (χ3v) is 1.77. The lowest BCUT2D eigenvalue weighted by molar-refractivity contribution is 0.0690. The van der Waals surface area contributed by atoms with Crippen LogP contribution in [0.2, 0.25) is 0 Å². The summed E-state index contributed by atoms with van der Waals surface area (Å²) >= 11 is 0. The van der Waals surface area contributed by atoms with Gasteiger partial charge in [0.15, 0.2) is 11.5 Å². The van der Waals surface area contributed by atoms with Gasteiger partial charge in [-0.1, -0.05) is 0 Å². The van der Waals surface area contributed by atoms with E-state index in [1.54, 1.807) is 0 Å². The van der Waals surface area contributed by atoms with Gasteiger partial charge in [-0.05, 0) is 6.54 Å². The van der Waals surface area contributed by atoms with Crippen LogP contribution in [-0.4, -0.2) is 37.4 Å². The van der Waals surface area contributed by atoms with Crippen LogP contribution in [0.1, 0.15) is 16.3 Å². The lowest BCUT2D eigenvalue weighted by Gasteiger charge is -1.87. The van der Waals surface area contributed by atoms with E-state index in [0.29, 0.717) is 24.4 Å². The van der Waals surface area contributed by atoms with Crippen LogP contribution >= 0.6 is 0 Å². The molecule has 7 heteroatoms. The van der Waals surface area contributed by atoms with E-state index in [-0.39, 0.29) is 5.69 Å². The summed E-state index contributed by atoms with van der Waals surface area (Å²) in [6, 6.07) is 1.43. The van der Waals surface area contributed by atoms with Crippen LogP contribution in [0.5, 0.6) is 0 Å². The molecule has 0 saturated heterocycles. The largest absolute Gasteiger partial charge is 0.477 e. The summed E-state index contributed by atoms with van der Waals surface area (Å²) in [7, 11) is 0. The molecule has 0 aromatic carbocycles. The molecule has 2 aromatic rings. The third-order valence-electron chi connectivity index (χ3n) is 1.77. The number of hydrogen-bond donors (Lipinski definition) is 3. The molecule has 0 spiro atoms. The van der Waals surface area contributed by atoms with Crippen molar-refractivity contribution in [1.82, 2.24) is 19.8 Å². The van der Waals surface area contributed by atoms with Crippen molar-refractivity contribution < 1.29 is 9.90 Å². The molecule has 0 atom stereocenters. The summed E-state index contributed by atoms with van der Waals surface area (Å²) in [5.74, 6) is -0.423. The minimum absolute atomic E-state index is 0.0688. The number of carboxylic acid groups (broad SMARTS) is 1. The molecule has 0 amide bonds. The Morgan fingerprint density at radius 3 is 3.07 bits per heavy atom. The maximum atomic E-state index is 10.6. The first kappa shape index (κ1) is 8.70. The highest BCUT2D eigenvalue weighted by Gasteiger charge is 2.10. The molecule has 7 nitrogen and oxygen atoms in total. The van der Waals surface area contributed by atoms with E-state index >= 15 is 0 Å². The highest BCUT2D eigenvalue weighted by Crippen LogP contribution is 2.04. The zero-order chi connectivity index (χ0) is 10.1. The quantitative estimate of drug-likeness (QED) is 0.597. The molecule has 0 saturated carbocycles. The number of H-pyrrole nitrogens is 1. The monoisotopic (exact) mass is 195 g/mol. The number of fused-ring (bicyclic) bond motifs is 1. The van der Waals surface area contributed by atoms with Gasteiger partial charge in [-0.15, -0.1) is 5.10 Å². The average Bonchev–Trinajstić information content (AvgIpc) is 2.61. The number of hydrogen-bond acceptors (Lipinski definition) is 4. The second kappa shape index (κ2) is 3.11. The fourth-order valence-corrected chi connectivity index (χ4v) is 1.16. The van der Waals surface area contributed by atoms with Gasteiger partial charge < -0.3 is 10.8 Å². The van der Waals surface area contributed by atoms with Crippen LogP contribution in [0, 0.1) is 0 Å². The minimum atomic E-state index is -1.03. The van der Waals surface area contributed by atoms with Crippen LogP contribution in [0.15, 0.2) is 6.07 Å². The molecular weight excluding hydrogens is 186 g/mol. The Hall–Kier alpha value is -1.89. The molecule has 0 aliphatic rings. The molecule has 0 radical (unpaired) electrons. The van der Waals surface area contributed by atoms with Gasteiger partial charge in [0.25, 0.3) is 0 Å². The Bertz CT molecular complexity index is 440. The molecule has 74 valence electrons. The third kappa shape index (κ3) is 1.33. The van der Waals surface area contributed by atoms with Crippen molar-refractivity contribution in [2.24, 2.45) is 5.73 Å². The molecule has 2 aromatic heterocycles. The number of carbonyl (C=O) groups is 1. The summed E-state index contributed by atoms with van der Waals surface area (Å²) in [6.45, 7) is 0.471. The van der Waals surface area contributed by atoms with E-state index in [1.165, 1.54) is 10.7 Å². The van der Waals surface area contributed by atoms with Crippen molar-refractivity contribution in [3.8, 4) is 0 Å². The Kier molecular flexibility index (Phi) is 1.93. The van der Waals surface area contributed by atoms with Gasteiger partial charge in [0.05, 0.1) is 0 Å². The highest BCUT2D eigenvalue weighted by atomic mass is 16.4. The standard InChI is InChI=1S/C7H9N5O2/c8-2-1-5-9-6-3-4(7(13)14)10-12(6)11-5/h3,10H,1-2,8H2,(H,13,14). The molecule has 0 fully saturated rings. The topological polar surface area (TPSA) is 109 Å². The normalized spacial score (nSPS) is 10.9. The number of aromatic nitrogens is 4. The van der Waals surface area contributed by atoms with Gasteiger partial charge >= 0.3 is 5.97 Å². The van der Waals surface area contributed by atoms with Crippen molar-refractivity contribution in [2.45, 2.75) is 6.42 Å². The summed E-state index contributed by atoms with van der Waals surface area (Å²) in [6.07, 6.45) is 0.581. The number of aromatic carboxylic acids is 1. The molecule has 0 aliphatic carbocycles. The van der Waals surface area contributed by atoms with Crippen LogP contribution in [-0.2, 0) is 6.42 Å². The lowest BCUT2D eigenvalue weighted by atomic mass is 10.4. The smallest absolute Gasteiger partial charge is 0.353 e. The fourth-order valence-electron chi connectivity index (χ4n) is 1.16. The Labute approximate surface area is 78.5 Å². The number of nitrogens with zero attached hydrogens (tertiary/aromatic N) is 3.